The van der Waals surface area contributed by atoms with Gasteiger partial charge in [-0.05, 0) is 43.7 Å². The van der Waals surface area contributed by atoms with Crippen LogP contribution < -0.4 is 5.56 Å². The van der Waals surface area contributed by atoms with Crippen LogP contribution in [0.25, 0.3) is 0 Å². The Hall–Kier alpha value is -1.60. The van der Waals surface area contributed by atoms with Gasteiger partial charge in [-0.25, -0.2) is 0 Å². The molecule has 0 unspecified atom stereocenters. The SMILES string of the molecule is COCCCn1c2c(cc(C#N)c1=O)CCCC2. The third-order valence-electron chi connectivity index (χ3n) is 3.45. The van der Waals surface area contributed by atoms with Crippen LogP contribution in [0.1, 0.15) is 36.1 Å². The molecule has 18 heavy (non-hydrogen) atoms. The first-order valence-electron chi connectivity index (χ1n) is 6.42. The molecule has 1 aliphatic rings. The first kappa shape index (κ1) is 12.8. The Bertz CT molecular complexity index is 526. The van der Waals surface area contributed by atoms with E-state index >= 15 is 0 Å². The Morgan fingerprint density at radius 2 is 2.22 bits per heavy atom. The molecule has 0 saturated carbocycles. The Morgan fingerprint density at radius 1 is 1.44 bits per heavy atom. The summed E-state index contributed by atoms with van der Waals surface area (Å²) in [5.74, 6) is 0. The van der Waals surface area contributed by atoms with Gasteiger partial charge in [0.2, 0.25) is 0 Å². The van der Waals surface area contributed by atoms with Crippen molar-refractivity contribution >= 4 is 0 Å². The number of rotatable bonds is 4. The number of ether oxygens (including phenoxy) is 1. The highest BCUT2D eigenvalue weighted by Gasteiger charge is 2.17. The molecule has 4 nitrogen and oxygen atoms in total. The molecular formula is C14H18N2O2. The van der Waals surface area contributed by atoms with E-state index in [9.17, 15) is 4.79 Å². The molecule has 1 aromatic heterocycles. The lowest BCUT2D eigenvalue weighted by Crippen LogP contribution is -2.29. The highest BCUT2D eigenvalue weighted by atomic mass is 16.5. The largest absolute Gasteiger partial charge is 0.385 e. The molecular weight excluding hydrogens is 228 g/mol. The van der Waals surface area contributed by atoms with Crippen molar-refractivity contribution in [2.75, 3.05) is 13.7 Å². The number of nitrogens with zero attached hydrogens (tertiary/aromatic N) is 2. The van der Waals surface area contributed by atoms with Crippen LogP contribution in [-0.2, 0) is 24.1 Å². The second-order valence-electron chi connectivity index (χ2n) is 4.65. The minimum atomic E-state index is -0.144. The molecule has 0 amide bonds. The summed E-state index contributed by atoms with van der Waals surface area (Å²) in [5, 5.41) is 9.03. The zero-order valence-corrected chi connectivity index (χ0v) is 10.7. The Morgan fingerprint density at radius 3 is 2.94 bits per heavy atom. The lowest BCUT2D eigenvalue weighted by molar-refractivity contribution is 0.189. The lowest BCUT2D eigenvalue weighted by Gasteiger charge is -2.21. The van der Waals surface area contributed by atoms with Gasteiger partial charge in [0.25, 0.3) is 5.56 Å². The quantitative estimate of drug-likeness (QED) is 0.759. The summed E-state index contributed by atoms with van der Waals surface area (Å²) in [5.41, 5.74) is 2.43. The van der Waals surface area contributed by atoms with Crippen LogP contribution in [0.2, 0.25) is 0 Å². The van der Waals surface area contributed by atoms with Gasteiger partial charge in [0.05, 0.1) is 0 Å². The fraction of sp³-hybridized carbons (Fsp3) is 0.571. The van der Waals surface area contributed by atoms with Crippen molar-refractivity contribution in [1.29, 1.82) is 5.26 Å². The molecule has 0 aliphatic heterocycles. The van der Waals surface area contributed by atoms with Gasteiger partial charge >= 0.3 is 0 Å². The summed E-state index contributed by atoms with van der Waals surface area (Å²) in [6, 6.07) is 3.79. The summed E-state index contributed by atoms with van der Waals surface area (Å²) in [7, 11) is 1.66. The van der Waals surface area contributed by atoms with Crippen LogP contribution in [0.3, 0.4) is 0 Å². The number of hydrogen-bond acceptors (Lipinski definition) is 3. The molecule has 0 aromatic carbocycles. The highest BCUT2D eigenvalue weighted by Crippen LogP contribution is 2.20. The van der Waals surface area contributed by atoms with Crippen LogP contribution in [0, 0.1) is 11.3 Å². The number of methoxy groups -OCH3 is 1. The smallest absolute Gasteiger partial charge is 0.268 e. The summed E-state index contributed by atoms with van der Waals surface area (Å²) in [6.45, 7) is 1.28. The van der Waals surface area contributed by atoms with Gasteiger partial charge in [0.15, 0.2) is 0 Å². The molecule has 0 fully saturated rings. The second-order valence-corrected chi connectivity index (χ2v) is 4.65. The molecule has 0 spiro atoms. The van der Waals surface area contributed by atoms with Crippen LogP contribution in [0.15, 0.2) is 10.9 Å². The van der Waals surface area contributed by atoms with Crippen molar-refractivity contribution in [2.24, 2.45) is 0 Å². The van der Waals surface area contributed by atoms with E-state index in [4.69, 9.17) is 10.00 Å². The van der Waals surface area contributed by atoms with E-state index in [1.165, 1.54) is 5.56 Å². The molecule has 1 aromatic rings. The number of aromatic nitrogens is 1. The number of pyridine rings is 1. The minimum absolute atomic E-state index is 0.144. The standard InChI is InChI=1S/C14H18N2O2/c1-18-8-4-7-16-13-6-3-2-5-11(13)9-12(10-15)14(16)17/h9H,2-8H2,1H3. The zero-order chi connectivity index (χ0) is 13.0. The summed E-state index contributed by atoms with van der Waals surface area (Å²) < 4.78 is 6.81. The predicted molar refractivity (Wildman–Crippen MR) is 68.6 cm³/mol. The van der Waals surface area contributed by atoms with Crippen molar-refractivity contribution in [3.63, 3.8) is 0 Å². The van der Waals surface area contributed by atoms with Gasteiger partial charge < -0.3 is 9.30 Å². The zero-order valence-electron chi connectivity index (χ0n) is 10.7. The number of hydrogen-bond donors (Lipinski definition) is 0. The van der Waals surface area contributed by atoms with Crippen molar-refractivity contribution in [1.82, 2.24) is 4.57 Å². The summed E-state index contributed by atoms with van der Waals surface area (Å²) in [4.78, 5) is 12.2. The first-order valence-corrected chi connectivity index (χ1v) is 6.42. The molecule has 2 rings (SSSR count). The van der Waals surface area contributed by atoms with Crippen molar-refractivity contribution in [3.05, 3.63) is 33.2 Å². The summed E-state index contributed by atoms with van der Waals surface area (Å²) in [6.07, 6.45) is 5.01. The van der Waals surface area contributed by atoms with Crippen molar-refractivity contribution < 1.29 is 4.74 Å². The van der Waals surface area contributed by atoms with Crippen molar-refractivity contribution in [2.45, 2.75) is 38.6 Å². The molecule has 4 heteroatoms. The third kappa shape index (κ3) is 2.46. The van der Waals surface area contributed by atoms with Gasteiger partial charge in [-0.2, -0.15) is 5.26 Å². The molecule has 1 aliphatic carbocycles. The van der Waals surface area contributed by atoms with Gasteiger partial charge in [0, 0.05) is 26.0 Å². The average molecular weight is 246 g/mol. The van der Waals surface area contributed by atoms with Crippen LogP contribution in [0.5, 0.6) is 0 Å². The van der Waals surface area contributed by atoms with E-state index in [2.05, 4.69) is 0 Å². The predicted octanol–water partition coefficient (Wildman–Crippen LogP) is 1.64. The maximum Gasteiger partial charge on any atom is 0.268 e. The molecule has 0 bridgehead atoms. The summed E-state index contributed by atoms with van der Waals surface area (Å²) >= 11 is 0. The lowest BCUT2D eigenvalue weighted by atomic mass is 9.94. The van der Waals surface area contributed by atoms with Gasteiger partial charge in [-0.1, -0.05) is 0 Å². The molecule has 0 N–H and O–H groups in total. The van der Waals surface area contributed by atoms with E-state index in [0.717, 1.165) is 37.8 Å². The number of aryl methyl sites for hydroxylation is 1. The minimum Gasteiger partial charge on any atom is -0.385 e. The third-order valence-corrected chi connectivity index (χ3v) is 3.45. The topological polar surface area (TPSA) is 55.0 Å². The van der Waals surface area contributed by atoms with Gasteiger partial charge in [-0.15, -0.1) is 0 Å². The Balaban J connectivity index is 2.41. The monoisotopic (exact) mass is 246 g/mol. The van der Waals surface area contributed by atoms with E-state index in [0.29, 0.717) is 13.2 Å². The van der Waals surface area contributed by atoms with E-state index < -0.39 is 0 Å². The number of fused-ring (bicyclic) bond motifs is 1. The average Bonchev–Trinajstić information content (AvgIpc) is 2.41. The van der Waals surface area contributed by atoms with Gasteiger partial charge in [-0.3, -0.25) is 4.79 Å². The maximum atomic E-state index is 12.2. The molecule has 96 valence electrons. The molecule has 0 radical (unpaired) electrons. The number of nitriles is 1. The molecule has 1 heterocycles. The fourth-order valence-corrected chi connectivity index (χ4v) is 2.56. The highest BCUT2D eigenvalue weighted by molar-refractivity contribution is 5.35. The normalized spacial score (nSPS) is 14.0. The van der Waals surface area contributed by atoms with E-state index in [1.807, 2.05) is 6.07 Å². The fourth-order valence-electron chi connectivity index (χ4n) is 2.56. The van der Waals surface area contributed by atoms with Crippen LogP contribution >= 0.6 is 0 Å². The van der Waals surface area contributed by atoms with E-state index in [1.54, 1.807) is 17.7 Å². The second kappa shape index (κ2) is 5.83. The maximum absolute atomic E-state index is 12.2. The van der Waals surface area contributed by atoms with Gasteiger partial charge in [0.1, 0.15) is 11.6 Å². The Labute approximate surface area is 107 Å². The molecule has 0 atom stereocenters. The van der Waals surface area contributed by atoms with Crippen LogP contribution in [-0.4, -0.2) is 18.3 Å². The van der Waals surface area contributed by atoms with E-state index in [-0.39, 0.29) is 11.1 Å². The Kier molecular flexibility index (Phi) is 4.16. The molecule has 0 saturated heterocycles. The van der Waals surface area contributed by atoms with Crippen molar-refractivity contribution in [3.8, 4) is 6.07 Å². The first-order chi connectivity index (χ1) is 8.77. The van der Waals surface area contributed by atoms with Crippen LogP contribution in [0.4, 0.5) is 0 Å².